The molecule has 0 radical (unpaired) electrons. The molecular weight excluding hydrogens is 1090 g/mol. The van der Waals surface area contributed by atoms with Gasteiger partial charge in [0.25, 0.3) is 11.8 Å². The van der Waals surface area contributed by atoms with Gasteiger partial charge in [0.1, 0.15) is 30.9 Å². The van der Waals surface area contributed by atoms with Crippen LogP contribution in [-0.4, -0.2) is 179 Å². The first-order chi connectivity index (χ1) is 39.7. The minimum Gasteiger partial charge on any atom is -0.481 e. The van der Waals surface area contributed by atoms with Crippen molar-refractivity contribution in [3.05, 3.63) is 65.8 Å². The summed E-state index contributed by atoms with van der Waals surface area (Å²) in [5, 5.41) is 30.6. The predicted octanol–water partition coefficient (Wildman–Crippen LogP) is 5.71. The highest BCUT2D eigenvalue weighted by Crippen LogP contribution is 2.34. The number of nitrogens with zero attached hydrogens (tertiary/aromatic N) is 3. The van der Waals surface area contributed by atoms with Crippen molar-refractivity contribution in [1.29, 1.82) is 0 Å². The number of anilines is 1. The number of carboxylic acids is 1. The van der Waals surface area contributed by atoms with Gasteiger partial charge >= 0.3 is 24.2 Å². The Bertz CT molecular complexity index is 2460. The van der Waals surface area contributed by atoms with Gasteiger partial charge in [-0.25, -0.2) is 14.4 Å². The molecule has 1 aromatic carbocycles. The lowest BCUT2D eigenvalue weighted by molar-refractivity contribution is -0.151. The van der Waals surface area contributed by atoms with Gasteiger partial charge < -0.3 is 70.7 Å². The minimum atomic E-state index is -1.08. The molecule has 3 aliphatic heterocycles. The lowest BCUT2D eigenvalue weighted by Crippen LogP contribution is -2.54. The number of aliphatic hydroxyl groups is 1. The van der Waals surface area contributed by atoms with E-state index in [1.165, 1.54) is 22.0 Å². The number of nitrogens with two attached hydrogens (primary N) is 1. The Hall–Kier alpha value is -6.89. The number of hydrogen-bond acceptors (Lipinski definition) is 15. The molecule has 84 heavy (non-hydrogen) atoms. The Balaban J connectivity index is 1.28. The summed E-state index contributed by atoms with van der Waals surface area (Å²) < 4.78 is 29.8. The fourth-order valence-corrected chi connectivity index (χ4v) is 10.6. The number of hydrogen-bond donors (Lipinski definition) is 7. The average Bonchev–Trinajstić information content (AvgIpc) is 3.77. The molecule has 0 aromatic heterocycles. The quantitative estimate of drug-likeness (QED) is 0.0266. The molecule has 24 nitrogen and oxygen atoms in total. The van der Waals surface area contributed by atoms with Crippen LogP contribution in [0.4, 0.5) is 20.1 Å². The molecule has 8 N–H and O–H groups in total. The van der Waals surface area contributed by atoms with E-state index in [0.717, 1.165) is 10.5 Å². The summed E-state index contributed by atoms with van der Waals surface area (Å²) in [5.74, 6) is -3.84. The van der Waals surface area contributed by atoms with Gasteiger partial charge in [0.2, 0.25) is 17.7 Å². The zero-order valence-electron chi connectivity index (χ0n) is 50.6. The van der Waals surface area contributed by atoms with E-state index < -0.39 is 84.2 Å². The van der Waals surface area contributed by atoms with Gasteiger partial charge in [-0.2, -0.15) is 0 Å². The first-order valence-electron chi connectivity index (χ1n) is 29.2. The van der Waals surface area contributed by atoms with Crippen molar-refractivity contribution < 1.29 is 77.0 Å². The number of primary amides is 1. The van der Waals surface area contributed by atoms with Gasteiger partial charge in [0.05, 0.1) is 36.4 Å². The molecule has 10 atom stereocenters. The molecule has 0 aliphatic carbocycles. The van der Waals surface area contributed by atoms with Crippen LogP contribution in [0.25, 0.3) is 0 Å². The molecule has 9 amide bonds. The summed E-state index contributed by atoms with van der Waals surface area (Å²) in [6.07, 6.45) is 6.90. The number of aliphatic carboxylic acids is 1. The number of imide groups is 1. The topological polar surface area (TPSA) is 324 Å². The standard InChI is InChI=1S/C60H92N8O16/c1-37(2)52(65-48(70)20-12-11-13-30-68-49(71)25-26-50(68)72)56(76)64-46(19-15-27-62-57(61)77)55(75)63-44-23-21-43(22-24-44)36-81-58(78)66-28-16-29-67(32-31-66)59(79)83-47-33-45(34-51(73)74)82-53(40(47)5)39(4)18-14-17-38(3)35-60(8,9)84-42(7)54(80-10)41(6)69/h14,17-18,21-26,37-38,40-42,45-47,52-54,69H,11-13,15-16,19-20,27-36H2,1-10H3,(H,63,75)(H,64,76)(H,65,70)(H,73,74)(H3,61,62,77)/b17-14+,39-18+/t38-,40+,41-,42?,45-,46-,47-,52-,53-,54+/m1/s1. The van der Waals surface area contributed by atoms with E-state index in [0.29, 0.717) is 56.4 Å². The minimum absolute atomic E-state index is 0.0990. The van der Waals surface area contributed by atoms with Gasteiger partial charge in [0.15, 0.2) is 0 Å². The summed E-state index contributed by atoms with van der Waals surface area (Å²) in [4.78, 5) is 118. The Morgan fingerprint density at radius 3 is 2.14 bits per heavy atom. The maximum absolute atomic E-state index is 13.8. The van der Waals surface area contributed by atoms with Crippen molar-refractivity contribution in [2.24, 2.45) is 23.5 Å². The van der Waals surface area contributed by atoms with Gasteiger partial charge in [-0.3, -0.25) is 33.7 Å². The number of carbonyl (C=O) groups excluding carboxylic acids is 8. The van der Waals surface area contributed by atoms with Crippen LogP contribution < -0.4 is 27.0 Å². The Labute approximate surface area is 493 Å². The fraction of sp³-hybridized carbons (Fsp3) is 0.650. The Morgan fingerprint density at radius 2 is 1.54 bits per heavy atom. The summed E-state index contributed by atoms with van der Waals surface area (Å²) in [6, 6.07) is 3.75. The predicted molar refractivity (Wildman–Crippen MR) is 312 cm³/mol. The number of unbranched alkanes of at least 4 members (excludes halogenated alkanes) is 2. The molecule has 2 fully saturated rings. The second-order valence-electron chi connectivity index (χ2n) is 23.1. The SMILES string of the molecule is CO[C@H](C(C)OC(C)(C)C[C@H](C)/C=C/C=C(\C)[C@H]1O[C@@H](CC(=O)O)C[C@@H](OC(=O)N2CCCN(C(=O)OCc3ccc(NC(=O)[C@@H](CCCNC(N)=O)NC(=O)[C@H](NC(=O)CCCCCN4C(=O)C=CC4=O)C(C)C)cc3)CC2)[C@@H]1C)[C@@H](C)O. The maximum atomic E-state index is 13.8. The lowest BCUT2D eigenvalue weighted by atomic mass is 9.85. The van der Waals surface area contributed by atoms with Crippen LogP contribution in [0.15, 0.2) is 60.2 Å². The molecule has 24 heteroatoms. The third-order valence-electron chi connectivity index (χ3n) is 15.0. The first-order valence-corrected chi connectivity index (χ1v) is 29.2. The van der Waals surface area contributed by atoms with E-state index >= 15 is 0 Å². The number of allylic oxidation sites excluding steroid dienone is 3. The number of carboxylic acid groups (broad SMARTS) is 1. The van der Waals surface area contributed by atoms with Crippen LogP contribution >= 0.6 is 0 Å². The van der Waals surface area contributed by atoms with E-state index in [1.54, 1.807) is 52.1 Å². The second-order valence-corrected chi connectivity index (χ2v) is 23.1. The molecule has 3 aliphatic rings. The number of methoxy groups -OCH3 is 1. The summed E-state index contributed by atoms with van der Waals surface area (Å²) >= 11 is 0. The van der Waals surface area contributed by atoms with Crippen LogP contribution in [0.1, 0.15) is 132 Å². The molecule has 1 unspecified atom stereocenters. The Morgan fingerprint density at radius 1 is 0.881 bits per heavy atom. The van der Waals surface area contributed by atoms with Crippen LogP contribution in [0, 0.1) is 17.8 Å². The van der Waals surface area contributed by atoms with Crippen LogP contribution in [0.5, 0.6) is 0 Å². The first kappa shape index (κ1) is 69.6. The molecule has 1 aromatic rings. The number of carbonyl (C=O) groups is 9. The normalized spacial score (nSPS) is 20.8. The summed E-state index contributed by atoms with van der Waals surface area (Å²) in [6.45, 7) is 18.2. The number of nitrogens with one attached hydrogen (secondary N) is 4. The van der Waals surface area contributed by atoms with E-state index in [-0.39, 0.29) is 106 Å². The van der Waals surface area contributed by atoms with E-state index in [1.807, 2.05) is 46.8 Å². The lowest BCUT2D eigenvalue weighted by Gasteiger charge is -2.40. The molecular formula is C60H92N8O16. The molecule has 0 spiro atoms. The summed E-state index contributed by atoms with van der Waals surface area (Å²) in [7, 11) is 1.55. The monoisotopic (exact) mass is 1180 g/mol. The van der Waals surface area contributed by atoms with Gasteiger partial charge in [-0.05, 0) is 108 Å². The second kappa shape index (κ2) is 34.2. The van der Waals surface area contributed by atoms with Crippen molar-refractivity contribution in [3.8, 4) is 0 Å². The fourth-order valence-electron chi connectivity index (χ4n) is 10.6. The van der Waals surface area contributed by atoms with Crippen LogP contribution in [-0.2, 0) is 59.1 Å². The van der Waals surface area contributed by atoms with Crippen LogP contribution in [0.3, 0.4) is 0 Å². The van der Waals surface area contributed by atoms with Crippen molar-refractivity contribution >= 4 is 59.4 Å². The zero-order chi connectivity index (χ0) is 62.3. The maximum Gasteiger partial charge on any atom is 0.410 e. The third kappa shape index (κ3) is 23.3. The molecule has 0 bridgehead atoms. The van der Waals surface area contributed by atoms with Gasteiger partial charge in [-0.15, -0.1) is 0 Å². The zero-order valence-corrected chi connectivity index (χ0v) is 50.6. The number of ether oxygens (including phenoxy) is 5. The van der Waals surface area contributed by atoms with E-state index in [9.17, 15) is 53.4 Å². The number of aliphatic hydroxyl groups excluding tert-OH is 1. The molecule has 4 rings (SSSR count). The highest BCUT2D eigenvalue weighted by atomic mass is 16.6. The van der Waals surface area contributed by atoms with E-state index in [2.05, 4.69) is 34.3 Å². The molecule has 0 saturated carbocycles. The van der Waals surface area contributed by atoms with Crippen molar-refractivity contribution in [2.45, 2.75) is 187 Å². The van der Waals surface area contributed by atoms with Crippen molar-refractivity contribution in [3.63, 3.8) is 0 Å². The van der Waals surface area contributed by atoms with Gasteiger partial charge in [0, 0.05) is 83.0 Å². The molecule has 468 valence electrons. The highest BCUT2D eigenvalue weighted by molar-refractivity contribution is 6.12. The Kier molecular flexibility index (Phi) is 28.3. The van der Waals surface area contributed by atoms with Gasteiger partial charge in [-0.1, -0.05) is 64.5 Å². The van der Waals surface area contributed by atoms with Crippen molar-refractivity contribution in [1.82, 2.24) is 30.7 Å². The number of urea groups is 1. The van der Waals surface area contributed by atoms with E-state index in [4.69, 9.17) is 29.4 Å². The number of rotatable bonds is 31. The molecule has 3 heterocycles. The third-order valence-corrected chi connectivity index (χ3v) is 15.0. The van der Waals surface area contributed by atoms with Crippen LogP contribution in [0.2, 0.25) is 0 Å². The number of benzene rings is 1. The largest absolute Gasteiger partial charge is 0.481 e. The smallest absolute Gasteiger partial charge is 0.410 e. The van der Waals surface area contributed by atoms with Crippen molar-refractivity contribution in [2.75, 3.05) is 51.7 Å². The average molecular weight is 1180 g/mol. The highest BCUT2D eigenvalue weighted by Gasteiger charge is 2.41. The summed E-state index contributed by atoms with van der Waals surface area (Å²) in [5.41, 5.74) is 6.53. The number of amides is 9. The molecule has 2 saturated heterocycles.